The molecular weight excluding hydrogens is 212 g/mol. The highest BCUT2D eigenvalue weighted by molar-refractivity contribution is 6.30. The minimum absolute atomic E-state index is 0.169. The van der Waals surface area contributed by atoms with Crippen molar-refractivity contribution < 1.29 is 4.79 Å². The van der Waals surface area contributed by atoms with Gasteiger partial charge in [-0.05, 0) is 24.6 Å². The fourth-order valence-corrected chi connectivity index (χ4v) is 1.50. The van der Waals surface area contributed by atoms with E-state index in [2.05, 4.69) is 5.32 Å². The van der Waals surface area contributed by atoms with Gasteiger partial charge in [0.25, 0.3) is 0 Å². The third-order valence-electron chi connectivity index (χ3n) is 2.17. The number of amides is 1. The van der Waals surface area contributed by atoms with Crippen molar-refractivity contribution in [3.8, 4) is 0 Å². The molecule has 1 atom stereocenters. The number of rotatable bonds is 5. The van der Waals surface area contributed by atoms with Crippen molar-refractivity contribution in [1.82, 2.24) is 5.32 Å². The predicted octanol–water partition coefficient (Wildman–Crippen LogP) is 1.87. The average Bonchev–Trinajstić information content (AvgIpc) is 2.17. The van der Waals surface area contributed by atoms with Gasteiger partial charge in [0.15, 0.2) is 0 Å². The van der Waals surface area contributed by atoms with Crippen molar-refractivity contribution in [2.75, 3.05) is 6.54 Å². The number of nitrogens with two attached hydrogens (primary N) is 1. The van der Waals surface area contributed by atoms with Gasteiger partial charge in [-0.2, -0.15) is 0 Å². The largest absolute Gasteiger partial charge is 0.370 e. The van der Waals surface area contributed by atoms with Crippen LogP contribution in [0, 0.1) is 0 Å². The van der Waals surface area contributed by atoms with Gasteiger partial charge in [-0.25, -0.2) is 0 Å². The van der Waals surface area contributed by atoms with E-state index >= 15 is 0 Å². The molecule has 1 amide bonds. The molecule has 1 aromatic rings. The molecule has 0 saturated heterocycles. The summed E-state index contributed by atoms with van der Waals surface area (Å²) in [6, 6.07) is 7.81. The minimum Gasteiger partial charge on any atom is -0.370 e. The van der Waals surface area contributed by atoms with Gasteiger partial charge >= 0.3 is 0 Å². The third-order valence-corrected chi connectivity index (χ3v) is 2.41. The first-order chi connectivity index (χ1) is 7.09. The Labute approximate surface area is 94.6 Å². The van der Waals surface area contributed by atoms with Crippen LogP contribution in [0.5, 0.6) is 0 Å². The molecule has 0 unspecified atom stereocenters. The Bertz CT molecular complexity index is 341. The van der Waals surface area contributed by atoms with Crippen molar-refractivity contribution in [1.29, 1.82) is 0 Å². The second-order valence-electron chi connectivity index (χ2n) is 3.45. The lowest BCUT2D eigenvalue weighted by Crippen LogP contribution is -2.24. The highest BCUT2D eigenvalue weighted by atomic mass is 35.5. The zero-order chi connectivity index (χ0) is 11.3. The molecule has 0 aliphatic heterocycles. The van der Waals surface area contributed by atoms with Crippen LogP contribution in [0.1, 0.15) is 24.9 Å². The molecule has 0 aliphatic carbocycles. The van der Waals surface area contributed by atoms with Gasteiger partial charge in [0.2, 0.25) is 5.91 Å². The van der Waals surface area contributed by atoms with Crippen LogP contribution in [0.2, 0.25) is 5.02 Å². The summed E-state index contributed by atoms with van der Waals surface area (Å²) < 4.78 is 0. The first-order valence-corrected chi connectivity index (χ1v) is 5.24. The molecule has 0 radical (unpaired) electrons. The molecule has 0 bridgehead atoms. The monoisotopic (exact) mass is 226 g/mol. The van der Waals surface area contributed by atoms with E-state index in [0.717, 1.165) is 10.6 Å². The summed E-state index contributed by atoms with van der Waals surface area (Å²) in [5.74, 6) is -0.291. The average molecular weight is 227 g/mol. The summed E-state index contributed by atoms with van der Waals surface area (Å²) in [6.07, 6.45) is 0.352. The van der Waals surface area contributed by atoms with Crippen molar-refractivity contribution in [3.05, 3.63) is 34.9 Å². The number of benzene rings is 1. The second kappa shape index (κ2) is 5.73. The maximum Gasteiger partial charge on any atom is 0.218 e. The number of halogens is 1. The zero-order valence-electron chi connectivity index (χ0n) is 8.66. The zero-order valence-corrected chi connectivity index (χ0v) is 9.42. The van der Waals surface area contributed by atoms with Crippen molar-refractivity contribution in [2.24, 2.45) is 5.73 Å². The number of nitrogens with one attached hydrogen (secondary N) is 1. The van der Waals surface area contributed by atoms with Gasteiger partial charge in [0, 0.05) is 24.0 Å². The number of hydrogen-bond acceptors (Lipinski definition) is 2. The molecule has 1 aromatic carbocycles. The van der Waals surface area contributed by atoms with Gasteiger partial charge < -0.3 is 11.1 Å². The van der Waals surface area contributed by atoms with E-state index < -0.39 is 0 Å². The van der Waals surface area contributed by atoms with Crippen LogP contribution in [0.3, 0.4) is 0 Å². The smallest absolute Gasteiger partial charge is 0.218 e. The Hall–Kier alpha value is -1.06. The lowest BCUT2D eigenvalue weighted by Gasteiger charge is -2.13. The molecule has 82 valence electrons. The summed E-state index contributed by atoms with van der Waals surface area (Å²) in [6.45, 7) is 2.61. The van der Waals surface area contributed by atoms with Crippen LogP contribution in [-0.2, 0) is 4.79 Å². The molecule has 0 aromatic heterocycles. The normalized spacial score (nSPS) is 12.4. The summed E-state index contributed by atoms with van der Waals surface area (Å²) in [7, 11) is 0. The van der Waals surface area contributed by atoms with E-state index in [1.807, 2.05) is 31.2 Å². The molecule has 0 spiro atoms. The Balaban J connectivity index is 2.46. The van der Waals surface area contributed by atoms with E-state index in [0.29, 0.717) is 13.0 Å². The Morgan fingerprint density at radius 1 is 1.60 bits per heavy atom. The Morgan fingerprint density at radius 3 is 2.93 bits per heavy atom. The first-order valence-electron chi connectivity index (χ1n) is 4.86. The van der Waals surface area contributed by atoms with Crippen LogP contribution < -0.4 is 11.1 Å². The third kappa shape index (κ3) is 4.32. The van der Waals surface area contributed by atoms with Crippen LogP contribution in [0.15, 0.2) is 24.3 Å². The maximum atomic E-state index is 10.5. The molecule has 4 heteroatoms. The van der Waals surface area contributed by atoms with Gasteiger partial charge in [0.1, 0.15) is 0 Å². The van der Waals surface area contributed by atoms with Crippen LogP contribution in [-0.4, -0.2) is 12.5 Å². The predicted molar refractivity (Wildman–Crippen MR) is 61.7 cm³/mol. The van der Waals surface area contributed by atoms with E-state index in [9.17, 15) is 4.79 Å². The SMILES string of the molecule is C[C@H](NCCC(N)=O)c1cccc(Cl)c1. The van der Waals surface area contributed by atoms with E-state index in [1.54, 1.807) is 0 Å². The molecule has 0 saturated carbocycles. The molecule has 1 rings (SSSR count). The van der Waals surface area contributed by atoms with Crippen molar-refractivity contribution in [2.45, 2.75) is 19.4 Å². The quantitative estimate of drug-likeness (QED) is 0.806. The number of hydrogen-bond donors (Lipinski definition) is 2. The topological polar surface area (TPSA) is 55.1 Å². The summed E-state index contributed by atoms with van der Waals surface area (Å²) >= 11 is 5.87. The highest BCUT2D eigenvalue weighted by Crippen LogP contribution is 2.16. The molecule has 3 N–H and O–H groups in total. The maximum absolute atomic E-state index is 10.5. The first kappa shape index (κ1) is 12.0. The molecule has 15 heavy (non-hydrogen) atoms. The summed E-state index contributed by atoms with van der Waals surface area (Å²) in [5, 5.41) is 3.92. The van der Waals surface area contributed by atoms with E-state index in [4.69, 9.17) is 17.3 Å². The number of carbonyl (C=O) groups is 1. The van der Waals surface area contributed by atoms with Crippen LogP contribution >= 0.6 is 11.6 Å². The van der Waals surface area contributed by atoms with E-state index in [-0.39, 0.29) is 11.9 Å². The fraction of sp³-hybridized carbons (Fsp3) is 0.364. The van der Waals surface area contributed by atoms with Crippen LogP contribution in [0.4, 0.5) is 0 Å². The van der Waals surface area contributed by atoms with Gasteiger partial charge in [-0.15, -0.1) is 0 Å². The lowest BCUT2D eigenvalue weighted by molar-refractivity contribution is -0.117. The molecule has 0 aliphatic rings. The standard InChI is InChI=1S/C11H15ClN2O/c1-8(14-6-5-11(13)15)9-3-2-4-10(12)7-9/h2-4,7-8,14H,5-6H2,1H3,(H2,13,15)/t8-/m0/s1. The molecular formula is C11H15ClN2O. The van der Waals surface area contributed by atoms with Crippen molar-refractivity contribution >= 4 is 17.5 Å². The van der Waals surface area contributed by atoms with Gasteiger partial charge in [0.05, 0.1) is 0 Å². The Morgan fingerprint density at radius 2 is 2.33 bits per heavy atom. The second-order valence-corrected chi connectivity index (χ2v) is 3.88. The summed E-state index contributed by atoms with van der Waals surface area (Å²) in [4.78, 5) is 10.5. The van der Waals surface area contributed by atoms with Gasteiger partial charge in [-0.1, -0.05) is 23.7 Å². The highest BCUT2D eigenvalue weighted by Gasteiger charge is 2.05. The van der Waals surface area contributed by atoms with Gasteiger partial charge in [-0.3, -0.25) is 4.79 Å². The van der Waals surface area contributed by atoms with Crippen LogP contribution in [0.25, 0.3) is 0 Å². The molecule has 0 fully saturated rings. The minimum atomic E-state index is -0.291. The number of carbonyl (C=O) groups excluding carboxylic acids is 1. The lowest BCUT2D eigenvalue weighted by atomic mass is 10.1. The molecule has 3 nitrogen and oxygen atoms in total. The Kier molecular flexibility index (Phi) is 4.59. The van der Waals surface area contributed by atoms with Crippen molar-refractivity contribution in [3.63, 3.8) is 0 Å². The summed E-state index contributed by atoms with van der Waals surface area (Å²) in [5.41, 5.74) is 6.15. The molecule has 0 heterocycles. The van der Waals surface area contributed by atoms with E-state index in [1.165, 1.54) is 0 Å². The fourth-order valence-electron chi connectivity index (χ4n) is 1.31. The number of primary amides is 1.